The average molecular weight is 298 g/mol. The van der Waals surface area contributed by atoms with Gasteiger partial charge in [0, 0.05) is 11.3 Å². The molecule has 0 aliphatic carbocycles. The smallest absolute Gasteiger partial charge is 0.181 e. The molecule has 0 atom stereocenters. The number of hydrogen-bond acceptors (Lipinski definition) is 4. The van der Waals surface area contributed by atoms with E-state index in [0.29, 0.717) is 18.2 Å². The summed E-state index contributed by atoms with van der Waals surface area (Å²) in [6.07, 6.45) is 0. The Balaban J connectivity index is 1.66. The van der Waals surface area contributed by atoms with E-state index < -0.39 is 0 Å². The molecule has 22 heavy (non-hydrogen) atoms. The van der Waals surface area contributed by atoms with Gasteiger partial charge in [0.15, 0.2) is 5.82 Å². The van der Waals surface area contributed by atoms with Gasteiger partial charge in [-0.2, -0.15) is 5.10 Å². The van der Waals surface area contributed by atoms with E-state index in [2.05, 4.69) is 20.5 Å². The van der Waals surface area contributed by atoms with Crippen molar-refractivity contribution >= 4 is 5.69 Å². The molecule has 1 heterocycles. The van der Waals surface area contributed by atoms with Gasteiger partial charge in [-0.25, -0.2) is 9.37 Å². The minimum absolute atomic E-state index is 0.257. The Morgan fingerprint density at radius 1 is 1.09 bits per heavy atom. The molecule has 0 radical (unpaired) electrons. The first-order chi connectivity index (χ1) is 10.7. The summed E-state index contributed by atoms with van der Waals surface area (Å²) in [5.74, 6) is 1.86. The number of benzene rings is 2. The van der Waals surface area contributed by atoms with Crippen LogP contribution in [0.3, 0.4) is 0 Å². The van der Waals surface area contributed by atoms with E-state index in [9.17, 15) is 4.39 Å². The van der Waals surface area contributed by atoms with Crippen LogP contribution in [-0.4, -0.2) is 22.3 Å². The zero-order valence-corrected chi connectivity index (χ0v) is 12.0. The summed E-state index contributed by atoms with van der Waals surface area (Å²) in [6, 6.07) is 13.7. The number of nitrogens with one attached hydrogen (secondary N) is 2. The van der Waals surface area contributed by atoms with E-state index in [1.165, 1.54) is 12.1 Å². The summed E-state index contributed by atoms with van der Waals surface area (Å²) >= 11 is 0. The standard InChI is InChI=1S/C16H15FN4O/c1-22-14-8-2-11(3-9-14)16-19-15(20-21-16)10-18-13-6-4-12(17)5-7-13/h2-9,18H,10H2,1H3,(H,19,20,21). The molecule has 0 unspecified atom stereocenters. The molecule has 6 heteroatoms. The fraction of sp³-hybridized carbons (Fsp3) is 0.125. The van der Waals surface area contributed by atoms with E-state index >= 15 is 0 Å². The molecule has 0 aliphatic heterocycles. The van der Waals surface area contributed by atoms with Crippen molar-refractivity contribution in [2.24, 2.45) is 0 Å². The van der Waals surface area contributed by atoms with Crippen molar-refractivity contribution in [3.63, 3.8) is 0 Å². The molecule has 112 valence electrons. The van der Waals surface area contributed by atoms with Crippen LogP contribution in [-0.2, 0) is 6.54 Å². The molecule has 3 rings (SSSR count). The Hall–Kier alpha value is -2.89. The number of anilines is 1. The lowest BCUT2D eigenvalue weighted by Gasteiger charge is -2.03. The first-order valence-corrected chi connectivity index (χ1v) is 6.80. The minimum atomic E-state index is -0.257. The lowest BCUT2D eigenvalue weighted by molar-refractivity contribution is 0.415. The molecule has 2 aromatic carbocycles. The number of methoxy groups -OCH3 is 1. The van der Waals surface area contributed by atoms with Crippen LogP contribution in [0.5, 0.6) is 5.75 Å². The topological polar surface area (TPSA) is 62.8 Å². The van der Waals surface area contributed by atoms with Crippen LogP contribution in [0, 0.1) is 5.82 Å². The third-order valence-electron chi connectivity index (χ3n) is 3.18. The highest BCUT2D eigenvalue weighted by Gasteiger charge is 2.06. The number of rotatable bonds is 5. The molecule has 1 aromatic heterocycles. The number of nitrogens with zero attached hydrogens (tertiary/aromatic N) is 2. The second-order valence-corrected chi connectivity index (χ2v) is 4.69. The predicted octanol–water partition coefficient (Wildman–Crippen LogP) is 3.23. The van der Waals surface area contributed by atoms with E-state index in [-0.39, 0.29) is 5.82 Å². The van der Waals surface area contributed by atoms with Crippen molar-refractivity contribution in [2.75, 3.05) is 12.4 Å². The fourth-order valence-electron chi connectivity index (χ4n) is 2.00. The molecule has 0 saturated heterocycles. The van der Waals surface area contributed by atoms with Gasteiger partial charge in [-0.1, -0.05) is 0 Å². The Bertz CT molecular complexity index is 738. The number of ether oxygens (including phenoxy) is 1. The summed E-state index contributed by atoms with van der Waals surface area (Å²) in [5.41, 5.74) is 1.73. The van der Waals surface area contributed by atoms with Gasteiger partial charge in [-0.05, 0) is 48.5 Å². The van der Waals surface area contributed by atoms with Gasteiger partial charge in [-0.3, -0.25) is 5.10 Å². The molecule has 2 N–H and O–H groups in total. The number of hydrogen-bond donors (Lipinski definition) is 2. The quantitative estimate of drug-likeness (QED) is 0.759. The van der Waals surface area contributed by atoms with Crippen LogP contribution in [0.25, 0.3) is 11.4 Å². The van der Waals surface area contributed by atoms with E-state index in [0.717, 1.165) is 17.0 Å². The maximum Gasteiger partial charge on any atom is 0.181 e. The molecule has 0 saturated carbocycles. The summed E-state index contributed by atoms with van der Waals surface area (Å²) in [6.45, 7) is 0.481. The molecular formula is C16H15FN4O. The number of aromatic amines is 1. The van der Waals surface area contributed by atoms with Crippen LogP contribution in [0.1, 0.15) is 5.82 Å². The highest BCUT2D eigenvalue weighted by atomic mass is 19.1. The van der Waals surface area contributed by atoms with Crippen molar-refractivity contribution in [3.05, 3.63) is 60.2 Å². The van der Waals surface area contributed by atoms with Gasteiger partial charge in [0.05, 0.1) is 13.7 Å². The van der Waals surface area contributed by atoms with E-state index in [1.807, 2.05) is 24.3 Å². The van der Waals surface area contributed by atoms with Gasteiger partial charge in [0.25, 0.3) is 0 Å². The summed E-state index contributed by atoms with van der Waals surface area (Å²) < 4.78 is 18.0. The second kappa shape index (κ2) is 6.26. The zero-order chi connectivity index (χ0) is 15.4. The maximum absolute atomic E-state index is 12.8. The molecule has 5 nitrogen and oxygen atoms in total. The number of halogens is 1. The average Bonchev–Trinajstić information content (AvgIpc) is 3.03. The molecule has 3 aromatic rings. The van der Waals surface area contributed by atoms with Gasteiger partial charge in [0.1, 0.15) is 17.4 Å². The van der Waals surface area contributed by atoms with Crippen LogP contribution in [0.15, 0.2) is 48.5 Å². The molecular weight excluding hydrogens is 283 g/mol. The van der Waals surface area contributed by atoms with Crippen molar-refractivity contribution in [1.82, 2.24) is 15.2 Å². The Labute approximate surface area is 127 Å². The van der Waals surface area contributed by atoms with Gasteiger partial charge >= 0.3 is 0 Å². The largest absolute Gasteiger partial charge is 0.497 e. The Morgan fingerprint density at radius 2 is 1.82 bits per heavy atom. The molecule has 0 spiro atoms. The summed E-state index contributed by atoms with van der Waals surface area (Å²) in [7, 11) is 1.63. The van der Waals surface area contributed by atoms with Crippen LogP contribution >= 0.6 is 0 Å². The van der Waals surface area contributed by atoms with Gasteiger partial charge in [0.2, 0.25) is 0 Å². The van der Waals surface area contributed by atoms with E-state index in [1.54, 1.807) is 19.2 Å². The highest BCUT2D eigenvalue weighted by Crippen LogP contribution is 2.19. The predicted molar refractivity (Wildman–Crippen MR) is 82.1 cm³/mol. The Kier molecular flexibility index (Phi) is 4.00. The molecule has 0 aliphatic rings. The third kappa shape index (κ3) is 3.22. The zero-order valence-electron chi connectivity index (χ0n) is 12.0. The molecule has 0 amide bonds. The van der Waals surface area contributed by atoms with Gasteiger partial charge < -0.3 is 10.1 Å². The second-order valence-electron chi connectivity index (χ2n) is 4.69. The number of H-pyrrole nitrogens is 1. The molecule has 0 bridgehead atoms. The summed E-state index contributed by atoms with van der Waals surface area (Å²) in [5, 5.41) is 10.2. The lowest BCUT2D eigenvalue weighted by Crippen LogP contribution is -2.01. The van der Waals surface area contributed by atoms with Crippen molar-refractivity contribution in [3.8, 4) is 17.1 Å². The fourth-order valence-corrected chi connectivity index (χ4v) is 2.00. The van der Waals surface area contributed by atoms with Crippen molar-refractivity contribution in [1.29, 1.82) is 0 Å². The van der Waals surface area contributed by atoms with Crippen molar-refractivity contribution in [2.45, 2.75) is 6.54 Å². The number of aromatic nitrogens is 3. The van der Waals surface area contributed by atoms with Gasteiger partial charge in [-0.15, -0.1) is 0 Å². The normalized spacial score (nSPS) is 10.5. The van der Waals surface area contributed by atoms with Crippen LogP contribution in [0.4, 0.5) is 10.1 Å². The SMILES string of the molecule is COc1ccc(-c2n[nH]c(CNc3ccc(F)cc3)n2)cc1. The first-order valence-electron chi connectivity index (χ1n) is 6.80. The highest BCUT2D eigenvalue weighted by molar-refractivity contribution is 5.55. The van der Waals surface area contributed by atoms with E-state index in [4.69, 9.17) is 4.74 Å². The Morgan fingerprint density at radius 3 is 2.50 bits per heavy atom. The minimum Gasteiger partial charge on any atom is -0.497 e. The lowest BCUT2D eigenvalue weighted by atomic mass is 10.2. The van der Waals surface area contributed by atoms with Crippen molar-refractivity contribution < 1.29 is 9.13 Å². The monoisotopic (exact) mass is 298 g/mol. The third-order valence-corrected chi connectivity index (χ3v) is 3.18. The summed E-state index contributed by atoms with van der Waals surface area (Å²) in [4.78, 5) is 4.42. The van der Waals surface area contributed by atoms with Crippen LogP contribution in [0.2, 0.25) is 0 Å². The van der Waals surface area contributed by atoms with Crippen LogP contribution < -0.4 is 10.1 Å². The molecule has 0 fully saturated rings. The maximum atomic E-state index is 12.8. The first kappa shape index (κ1) is 14.1.